The summed E-state index contributed by atoms with van der Waals surface area (Å²) in [7, 11) is 0. The molecule has 7 nitrogen and oxygen atoms in total. The quantitative estimate of drug-likeness (QED) is 0.108. The van der Waals surface area contributed by atoms with Gasteiger partial charge in [0.25, 0.3) is 0 Å². The highest BCUT2D eigenvalue weighted by Gasteiger charge is 2.32. The van der Waals surface area contributed by atoms with Crippen molar-refractivity contribution in [2.45, 2.75) is 116 Å². The van der Waals surface area contributed by atoms with Crippen molar-refractivity contribution in [3.8, 4) is 0 Å². The maximum absolute atomic E-state index is 11.1. The fourth-order valence-corrected chi connectivity index (χ4v) is 4.44. The molecule has 0 aliphatic rings. The highest BCUT2D eigenvalue weighted by atomic mass is 16.4. The number of quaternary nitrogens is 1. The maximum atomic E-state index is 11.1. The Kier molecular flexibility index (Phi) is 20.4. The minimum absolute atomic E-state index is 0.0471. The molecular formula is C27H49NO6. The second-order valence-electron chi connectivity index (χ2n) is 9.72. The molecule has 0 spiro atoms. The minimum Gasteiger partial charge on any atom is -0.544 e. The molecule has 0 bridgehead atoms. The molecule has 0 saturated heterocycles. The van der Waals surface area contributed by atoms with Gasteiger partial charge in [0.05, 0.1) is 12.5 Å². The first-order chi connectivity index (χ1) is 16.3. The largest absolute Gasteiger partial charge is 0.544 e. The Balaban J connectivity index is 3.80. The molecule has 0 rings (SSSR count). The Morgan fingerprint density at radius 3 is 1.35 bits per heavy atom. The standard InChI is InChI=1S/C27H49NO6/c1-2-3-4-5-6-7-8-9-10-11-12-13-14-15-16-17-18-19-20-21-28(22-25(29)30,23-26(31)32)24-27(33)34/h19-20H,2-18,21-24H2,1H3,(H2-,29,30,31,32,33,34)/b20-19+. The van der Waals surface area contributed by atoms with Crippen LogP contribution in [-0.4, -0.2) is 58.8 Å². The lowest BCUT2D eigenvalue weighted by Crippen LogP contribution is -2.58. The zero-order valence-corrected chi connectivity index (χ0v) is 21.5. The lowest BCUT2D eigenvalue weighted by Gasteiger charge is -2.35. The molecule has 0 aromatic heterocycles. The number of carboxylic acid groups (broad SMARTS) is 3. The van der Waals surface area contributed by atoms with Gasteiger partial charge in [-0.25, -0.2) is 9.59 Å². The predicted octanol–water partition coefficient (Wildman–Crippen LogP) is 4.93. The molecule has 0 atom stereocenters. The summed E-state index contributed by atoms with van der Waals surface area (Å²) in [4.78, 5) is 33.3. The molecule has 0 aliphatic heterocycles. The number of nitrogens with zero attached hydrogens (tertiary/aromatic N) is 1. The van der Waals surface area contributed by atoms with E-state index in [2.05, 4.69) is 6.92 Å². The van der Waals surface area contributed by atoms with Crippen LogP contribution in [0.15, 0.2) is 12.2 Å². The van der Waals surface area contributed by atoms with Crippen LogP contribution in [0.2, 0.25) is 0 Å². The fourth-order valence-electron chi connectivity index (χ4n) is 4.44. The van der Waals surface area contributed by atoms with Gasteiger partial charge >= 0.3 is 11.9 Å². The van der Waals surface area contributed by atoms with E-state index in [-0.39, 0.29) is 6.54 Å². The number of carbonyl (C=O) groups is 3. The number of allylic oxidation sites excluding steroid dienone is 1. The van der Waals surface area contributed by atoms with Crippen molar-refractivity contribution in [3.63, 3.8) is 0 Å². The van der Waals surface area contributed by atoms with E-state index >= 15 is 0 Å². The Morgan fingerprint density at radius 2 is 1.00 bits per heavy atom. The fraction of sp³-hybridized carbons (Fsp3) is 0.815. The number of aliphatic carboxylic acids is 3. The third kappa shape index (κ3) is 20.7. The van der Waals surface area contributed by atoms with Gasteiger partial charge in [-0.1, -0.05) is 109 Å². The zero-order valence-electron chi connectivity index (χ0n) is 21.5. The molecule has 34 heavy (non-hydrogen) atoms. The molecule has 0 aromatic carbocycles. The normalized spacial score (nSPS) is 11.8. The van der Waals surface area contributed by atoms with Crippen molar-refractivity contribution in [3.05, 3.63) is 12.2 Å². The predicted molar refractivity (Wildman–Crippen MR) is 133 cm³/mol. The van der Waals surface area contributed by atoms with Gasteiger partial charge in [0.2, 0.25) is 0 Å². The Bertz CT molecular complexity index is 535. The molecule has 7 heteroatoms. The lowest BCUT2D eigenvalue weighted by molar-refractivity contribution is -0.903. The van der Waals surface area contributed by atoms with Gasteiger partial charge in [0.15, 0.2) is 13.1 Å². The smallest absolute Gasteiger partial charge is 0.359 e. The van der Waals surface area contributed by atoms with Crippen LogP contribution in [0, 0.1) is 0 Å². The first kappa shape index (κ1) is 32.1. The number of hydrogen-bond acceptors (Lipinski definition) is 4. The molecule has 198 valence electrons. The van der Waals surface area contributed by atoms with Crippen LogP contribution in [-0.2, 0) is 14.4 Å². The van der Waals surface area contributed by atoms with Crippen LogP contribution in [0.5, 0.6) is 0 Å². The average Bonchev–Trinajstić information content (AvgIpc) is 2.73. The molecular weight excluding hydrogens is 434 g/mol. The molecule has 0 aliphatic carbocycles. The SMILES string of the molecule is CCCCCCCCCCCCCCCCCC/C=C/C[N+](CC(=O)[O-])(CC(=O)O)CC(=O)O. The van der Waals surface area contributed by atoms with Crippen molar-refractivity contribution in [1.82, 2.24) is 0 Å². The van der Waals surface area contributed by atoms with E-state index in [1.807, 2.05) is 6.08 Å². The number of hydrogen-bond donors (Lipinski definition) is 2. The lowest BCUT2D eigenvalue weighted by atomic mass is 10.0. The number of unbranched alkanes of at least 4 members (excludes halogenated alkanes) is 16. The number of carboxylic acids is 3. The molecule has 0 saturated carbocycles. The van der Waals surface area contributed by atoms with E-state index in [4.69, 9.17) is 10.2 Å². The van der Waals surface area contributed by atoms with Crippen LogP contribution >= 0.6 is 0 Å². The highest BCUT2D eigenvalue weighted by molar-refractivity contribution is 5.72. The van der Waals surface area contributed by atoms with Gasteiger partial charge in [-0.05, 0) is 18.9 Å². The van der Waals surface area contributed by atoms with E-state index in [0.29, 0.717) is 0 Å². The summed E-state index contributed by atoms with van der Waals surface area (Å²) in [6, 6.07) is 0. The third-order valence-electron chi connectivity index (χ3n) is 6.29. The highest BCUT2D eigenvalue weighted by Crippen LogP contribution is 2.14. The van der Waals surface area contributed by atoms with E-state index in [1.54, 1.807) is 6.08 Å². The van der Waals surface area contributed by atoms with Gasteiger partial charge < -0.3 is 20.1 Å². The number of rotatable bonds is 25. The van der Waals surface area contributed by atoms with Crippen LogP contribution in [0.3, 0.4) is 0 Å². The summed E-state index contributed by atoms with van der Waals surface area (Å²) in [6.45, 7) is 0.536. The molecule has 0 aromatic rings. The minimum atomic E-state index is -1.45. The Hall–Kier alpha value is -1.89. The molecule has 0 heterocycles. The number of carbonyl (C=O) groups excluding carboxylic acids is 1. The van der Waals surface area contributed by atoms with Gasteiger partial charge in [0.1, 0.15) is 6.54 Å². The summed E-state index contributed by atoms with van der Waals surface area (Å²) in [6.07, 6.45) is 25.4. The van der Waals surface area contributed by atoms with E-state index < -0.39 is 42.0 Å². The van der Waals surface area contributed by atoms with Crippen molar-refractivity contribution in [1.29, 1.82) is 0 Å². The van der Waals surface area contributed by atoms with E-state index in [1.165, 1.54) is 89.9 Å². The van der Waals surface area contributed by atoms with E-state index in [0.717, 1.165) is 19.3 Å². The molecule has 0 amide bonds. The van der Waals surface area contributed by atoms with Crippen LogP contribution in [0.1, 0.15) is 116 Å². The second-order valence-corrected chi connectivity index (χ2v) is 9.72. The molecule has 0 fully saturated rings. The van der Waals surface area contributed by atoms with Crippen molar-refractivity contribution < 1.29 is 34.2 Å². The van der Waals surface area contributed by atoms with Crippen LogP contribution in [0.25, 0.3) is 0 Å². The molecule has 2 N–H and O–H groups in total. The Morgan fingerprint density at radius 1 is 0.618 bits per heavy atom. The zero-order chi connectivity index (χ0) is 25.5. The topological polar surface area (TPSA) is 115 Å². The van der Waals surface area contributed by atoms with Gasteiger partial charge in [0, 0.05) is 0 Å². The summed E-state index contributed by atoms with van der Waals surface area (Å²) in [5.41, 5.74) is 0. The van der Waals surface area contributed by atoms with Gasteiger partial charge in [-0.2, -0.15) is 0 Å². The summed E-state index contributed by atoms with van der Waals surface area (Å²) in [5, 5.41) is 29.2. The molecule has 0 radical (unpaired) electrons. The maximum Gasteiger partial charge on any atom is 0.359 e. The average molecular weight is 484 g/mol. The van der Waals surface area contributed by atoms with Crippen molar-refractivity contribution in [2.24, 2.45) is 0 Å². The van der Waals surface area contributed by atoms with Gasteiger partial charge in [-0.3, -0.25) is 4.48 Å². The van der Waals surface area contributed by atoms with Gasteiger partial charge in [-0.15, -0.1) is 0 Å². The third-order valence-corrected chi connectivity index (χ3v) is 6.29. The first-order valence-corrected chi connectivity index (χ1v) is 13.4. The Labute approximate surface area is 206 Å². The summed E-state index contributed by atoms with van der Waals surface area (Å²) < 4.78 is -0.581. The summed E-state index contributed by atoms with van der Waals surface area (Å²) in [5.74, 6) is -3.91. The van der Waals surface area contributed by atoms with Crippen LogP contribution < -0.4 is 5.11 Å². The summed E-state index contributed by atoms with van der Waals surface area (Å²) >= 11 is 0. The second kappa shape index (κ2) is 21.6. The van der Waals surface area contributed by atoms with Crippen LogP contribution in [0.4, 0.5) is 0 Å². The monoisotopic (exact) mass is 483 g/mol. The van der Waals surface area contributed by atoms with E-state index in [9.17, 15) is 19.5 Å². The molecule has 0 unspecified atom stereocenters. The van der Waals surface area contributed by atoms with Crippen molar-refractivity contribution >= 4 is 17.9 Å². The first-order valence-electron chi connectivity index (χ1n) is 13.4. The van der Waals surface area contributed by atoms with Crippen molar-refractivity contribution in [2.75, 3.05) is 26.2 Å².